The molecule has 3 rings (SSSR count). The van der Waals surface area contributed by atoms with Crippen molar-refractivity contribution >= 4 is 42.8 Å². The third-order valence-corrected chi connectivity index (χ3v) is 12.7. The van der Waals surface area contributed by atoms with Crippen molar-refractivity contribution in [1.82, 2.24) is 4.90 Å². The fraction of sp³-hybridized carbons (Fsp3) is 0.520. The first-order valence-corrected chi connectivity index (χ1v) is 15.1. The molecule has 6 nitrogen and oxygen atoms in total. The van der Waals surface area contributed by atoms with Crippen LogP contribution in [-0.2, 0) is 14.0 Å². The summed E-state index contributed by atoms with van der Waals surface area (Å²) >= 11 is 2.18. The Morgan fingerprint density at radius 2 is 1.85 bits per heavy atom. The third kappa shape index (κ3) is 5.60. The van der Waals surface area contributed by atoms with Crippen molar-refractivity contribution in [2.75, 3.05) is 6.61 Å². The van der Waals surface area contributed by atoms with Crippen molar-refractivity contribution in [2.45, 2.75) is 64.9 Å². The van der Waals surface area contributed by atoms with Gasteiger partial charge in [0.15, 0.2) is 8.32 Å². The molecule has 4 atom stereocenters. The molecule has 9 heteroatoms. The van der Waals surface area contributed by atoms with Gasteiger partial charge in [-0.25, -0.2) is 0 Å². The minimum Gasteiger partial charge on any atom is -0.543 e. The van der Waals surface area contributed by atoms with Gasteiger partial charge in [0.05, 0.1) is 33.3 Å². The molecule has 0 bridgehead atoms. The van der Waals surface area contributed by atoms with Crippen molar-refractivity contribution in [3.05, 3.63) is 39.1 Å². The summed E-state index contributed by atoms with van der Waals surface area (Å²) in [7, 11) is -1.90. The summed E-state index contributed by atoms with van der Waals surface area (Å²) in [5.74, 6) is 4.46. The Labute approximate surface area is 239 Å². The zero-order valence-corrected chi connectivity index (χ0v) is 26.0. The molecule has 34 heavy (non-hydrogen) atoms. The van der Waals surface area contributed by atoms with Gasteiger partial charge < -0.3 is 24.0 Å². The predicted octanol–water partition coefficient (Wildman–Crippen LogP) is 0.568. The molecule has 0 unspecified atom stereocenters. The molecule has 1 saturated heterocycles. The maximum Gasteiger partial charge on any atom is 1.00 e. The second-order valence-corrected chi connectivity index (χ2v) is 14.5. The summed E-state index contributed by atoms with van der Waals surface area (Å²) in [4.78, 5) is 26.4. The average molecular weight is 604 g/mol. The number of amides is 1. The number of nitrogens with zero attached hydrogens (tertiary/aromatic N) is 1. The number of halogens is 1. The summed E-state index contributed by atoms with van der Waals surface area (Å²) in [6, 6.07) is 10.3. The summed E-state index contributed by atoms with van der Waals surface area (Å²) in [6.07, 6.45) is -0.258. The molecule has 0 aromatic heterocycles. The summed E-state index contributed by atoms with van der Waals surface area (Å²) in [5, 5.41) is 11.9. The fourth-order valence-electron chi connectivity index (χ4n) is 4.98. The van der Waals surface area contributed by atoms with Gasteiger partial charge in [-0.3, -0.25) is 4.79 Å². The smallest absolute Gasteiger partial charge is 0.543 e. The molecule has 178 valence electrons. The van der Waals surface area contributed by atoms with Crippen LogP contribution in [0.3, 0.4) is 0 Å². The van der Waals surface area contributed by atoms with Crippen molar-refractivity contribution in [3.8, 4) is 17.6 Å². The van der Waals surface area contributed by atoms with Crippen LogP contribution < -0.4 is 39.4 Å². The van der Waals surface area contributed by atoms with Crippen LogP contribution in [0.1, 0.15) is 34.6 Å². The third-order valence-electron chi connectivity index (χ3n) is 7.08. The van der Waals surface area contributed by atoms with E-state index in [1.54, 1.807) is 0 Å². The Kier molecular flexibility index (Phi) is 10.7. The van der Waals surface area contributed by atoms with Crippen molar-refractivity contribution in [2.24, 2.45) is 11.8 Å². The molecular formula is C25H31INNaO5Si. The van der Waals surface area contributed by atoms with Crippen LogP contribution in [0.2, 0.25) is 18.1 Å². The zero-order chi connectivity index (χ0) is 24.3. The van der Waals surface area contributed by atoms with Crippen LogP contribution in [0.5, 0.6) is 5.75 Å². The quantitative estimate of drug-likeness (QED) is 0.179. The van der Waals surface area contributed by atoms with E-state index in [0.29, 0.717) is 5.57 Å². The fourth-order valence-corrected chi connectivity index (χ4v) is 8.45. The van der Waals surface area contributed by atoms with Crippen LogP contribution in [-0.4, -0.2) is 43.8 Å². The van der Waals surface area contributed by atoms with E-state index in [-0.39, 0.29) is 71.8 Å². The van der Waals surface area contributed by atoms with E-state index in [9.17, 15) is 14.7 Å². The van der Waals surface area contributed by atoms with E-state index < -0.39 is 14.3 Å². The first kappa shape index (κ1) is 29.4. The second-order valence-electron chi connectivity index (χ2n) is 8.65. The van der Waals surface area contributed by atoms with Gasteiger partial charge in [0.25, 0.3) is 0 Å². The number of carbonyl (C=O) groups excluding carboxylic acids is 2. The molecule has 0 aliphatic carbocycles. The Bertz CT molecular complexity index is 1010. The van der Waals surface area contributed by atoms with Gasteiger partial charge in [-0.15, -0.1) is 0 Å². The Hall–Kier alpha value is -0.833. The normalized spacial score (nSPS) is 22.2. The van der Waals surface area contributed by atoms with E-state index >= 15 is 0 Å². The van der Waals surface area contributed by atoms with Crippen LogP contribution in [0.15, 0.2) is 35.5 Å². The van der Waals surface area contributed by atoms with Crippen molar-refractivity contribution in [3.63, 3.8) is 0 Å². The van der Waals surface area contributed by atoms with Gasteiger partial charge in [0.1, 0.15) is 12.4 Å². The van der Waals surface area contributed by atoms with Gasteiger partial charge >= 0.3 is 29.6 Å². The number of para-hydroxylation sites is 1. The molecule has 1 aromatic rings. The molecule has 1 amide bonds. The van der Waals surface area contributed by atoms with Crippen LogP contribution in [0.4, 0.5) is 0 Å². The van der Waals surface area contributed by atoms with Gasteiger partial charge in [0, 0.05) is 11.5 Å². The van der Waals surface area contributed by atoms with E-state index in [4.69, 9.17) is 9.16 Å². The van der Waals surface area contributed by atoms with Gasteiger partial charge in [-0.1, -0.05) is 51.7 Å². The Morgan fingerprint density at radius 3 is 2.41 bits per heavy atom. The molecule has 0 spiro atoms. The molecule has 0 N–H and O–H groups in total. The number of hydrogen-bond donors (Lipinski definition) is 0. The van der Waals surface area contributed by atoms with Crippen LogP contribution >= 0.6 is 22.6 Å². The van der Waals surface area contributed by atoms with Gasteiger partial charge in [0.2, 0.25) is 5.91 Å². The zero-order valence-electron chi connectivity index (χ0n) is 20.8. The predicted molar refractivity (Wildman–Crippen MR) is 135 cm³/mol. The molecule has 2 aliphatic rings. The van der Waals surface area contributed by atoms with Crippen molar-refractivity contribution < 1.29 is 53.4 Å². The molecule has 2 heterocycles. The number of carboxylic acid groups (broad SMARTS) is 1. The molecule has 2 aliphatic heterocycles. The number of hydrogen-bond acceptors (Lipinski definition) is 5. The maximum absolute atomic E-state index is 13.1. The van der Waals surface area contributed by atoms with Crippen molar-refractivity contribution in [1.29, 1.82) is 0 Å². The number of carbonyl (C=O) groups is 2. The number of aliphatic carboxylic acids is 1. The average Bonchev–Trinajstić information content (AvgIpc) is 3.04. The number of fused-ring (bicyclic) bond motifs is 1. The van der Waals surface area contributed by atoms with E-state index in [1.165, 1.54) is 4.90 Å². The minimum absolute atomic E-state index is 0. The minimum atomic E-state index is -1.90. The van der Waals surface area contributed by atoms with E-state index in [0.717, 1.165) is 27.5 Å². The molecular weight excluding hydrogens is 572 g/mol. The second kappa shape index (κ2) is 12.4. The number of rotatable bonds is 9. The molecule has 1 fully saturated rings. The number of β-lactam (4-membered cyclic amide) rings is 1. The summed E-state index contributed by atoms with van der Waals surface area (Å²) in [5.41, 5.74) is 0.326. The maximum atomic E-state index is 13.1. The Balaban J connectivity index is 0.00000408. The number of ether oxygens (including phenoxy) is 1. The molecule has 0 saturated carbocycles. The van der Waals surface area contributed by atoms with Crippen LogP contribution in [0.25, 0.3) is 0 Å². The van der Waals surface area contributed by atoms with Crippen LogP contribution in [0, 0.1) is 27.2 Å². The first-order valence-electron chi connectivity index (χ1n) is 11.5. The van der Waals surface area contributed by atoms with Gasteiger partial charge in [-0.05, 0) is 59.8 Å². The topological polar surface area (TPSA) is 78.9 Å². The molecule has 1 aromatic carbocycles. The SMILES string of the molecule is CC[Si](CC)(CC)O[C@H](C)[C@H]1C(=O)N2C(C(=O)[O-])=C(C#CCOc3ccccc3I)[C@H](C)[C@H]12.[Na+]. The van der Waals surface area contributed by atoms with Gasteiger partial charge in [-0.2, -0.15) is 0 Å². The number of carboxylic acids is 1. The Morgan fingerprint density at radius 1 is 1.24 bits per heavy atom. The summed E-state index contributed by atoms with van der Waals surface area (Å²) in [6.45, 7) is 10.5. The summed E-state index contributed by atoms with van der Waals surface area (Å²) < 4.78 is 13.2. The molecule has 0 radical (unpaired) electrons. The first-order chi connectivity index (χ1) is 15.7. The monoisotopic (exact) mass is 603 g/mol. The number of benzene rings is 1. The largest absolute Gasteiger partial charge is 1.00 e. The van der Waals surface area contributed by atoms with E-state index in [2.05, 4.69) is 55.2 Å². The van der Waals surface area contributed by atoms with E-state index in [1.807, 2.05) is 38.1 Å². The standard InChI is InChI=1S/C25H32INO5Si.Na/c1-6-33(7-2,8-3)32-17(5)21-22-16(4)18(23(25(29)30)27(22)24(21)28)12-11-15-31-20-14-10-9-13-19(20)26;/h9-10,13-14,16-17,21-22H,6-8,15H2,1-5H3,(H,29,30);/q;+1/p-1/t16-,17+,21+,22+;/m0./s1.